The molecule has 0 aromatic heterocycles. The van der Waals surface area contributed by atoms with Gasteiger partial charge in [-0.15, -0.1) is 0 Å². The van der Waals surface area contributed by atoms with Crippen molar-refractivity contribution in [3.8, 4) is 0 Å². The molecule has 3 N–H and O–H groups in total. The third-order valence-corrected chi connectivity index (χ3v) is 4.75. The summed E-state index contributed by atoms with van der Waals surface area (Å²) in [5, 5.41) is 11.8. The summed E-state index contributed by atoms with van der Waals surface area (Å²) in [5.74, 6) is 0.995. The van der Waals surface area contributed by atoms with E-state index in [2.05, 4.69) is 32.9 Å². The summed E-state index contributed by atoms with van der Waals surface area (Å²) < 4.78 is 0.997. The molecule has 1 heterocycles. The van der Waals surface area contributed by atoms with E-state index in [1.807, 2.05) is 18.2 Å². The highest BCUT2D eigenvalue weighted by Gasteiger charge is 2.18. The highest BCUT2D eigenvalue weighted by molar-refractivity contribution is 9.10. The third kappa shape index (κ3) is 3.45. The maximum atomic E-state index is 8.73. The standard InChI is InChI=1S/C15H22BrN3O/c1-2-11-4-3-8-19(9-7-11)14-6-5-12(10-13(14)16)15(17)18-20/h5-6,10-11,20H,2-4,7-9H2,1H3,(H2,17,18). The van der Waals surface area contributed by atoms with E-state index in [0.29, 0.717) is 0 Å². The molecule has 0 saturated carbocycles. The quantitative estimate of drug-likeness (QED) is 0.383. The van der Waals surface area contributed by atoms with Gasteiger partial charge in [0.15, 0.2) is 5.84 Å². The predicted molar refractivity (Wildman–Crippen MR) is 86.5 cm³/mol. The Morgan fingerprint density at radius 2 is 2.25 bits per heavy atom. The lowest BCUT2D eigenvalue weighted by Crippen LogP contribution is -2.25. The van der Waals surface area contributed by atoms with Crippen molar-refractivity contribution in [3.63, 3.8) is 0 Å². The normalized spacial score (nSPS) is 20.8. The smallest absolute Gasteiger partial charge is 0.170 e. The van der Waals surface area contributed by atoms with Crippen LogP contribution in [-0.2, 0) is 0 Å². The van der Waals surface area contributed by atoms with Crippen LogP contribution < -0.4 is 10.6 Å². The summed E-state index contributed by atoms with van der Waals surface area (Å²) in [7, 11) is 0. The van der Waals surface area contributed by atoms with E-state index in [4.69, 9.17) is 10.9 Å². The molecule has 1 aliphatic rings. The number of oxime groups is 1. The van der Waals surface area contributed by atoms with Gasteiger partial charge in [-0.3, -0.25) is 0 Å². The van der Waals surface area contributed by atoms with Crippen molar-refractivity contribution in [3.05, 3.63) is 28.2 Å². The van der Waals surface area contributed by atoms with E-state index in [-0.39, 0.29) is 5.84 Å². The zero-order valence-corrected chi connectivity index (χ0v) is 13.4. The molecule has 0 aliphatic carbocycles. The van der Waals surface area contributed by atoms with Gasteiger partial charge in [0, 0.05) is 23.1 Å². The number of benzene rings is 1. The average Bonchev–Trinajstić information content (AvgIpc) is 2.71. The minimum absolute atomic E-state index is 0.138. The lowest BCUT2D eigenvalue weighted by molar-refractivity contribution is 0.318. The van der Waals surface area contributed by atoms with Gasteiger partial charge >= 0.3 is 0 Å². The van der Waals surface area contributed by atoms with E-state index >= 15 is 0 Å². The average molecular weight is 340 g/mol. The van der Waals surface area contributed by atoms with Crippen LogP contribution in [0.3, 0.4) is 0 Å². The summed E-state index contributed by atoms with van der Waals surface area (Å²) in [6.45, 7) is 4.47. The number of halogens is 1. The molecule has 4 nitrogen and oxygen atoms in total. The molecule has 1 saturated heterocycles. The summed E-state index contributed by atoms with van der Waals surface area (Å²) in [6, 6.07) is 5.85. The first-order valence-electron chi connectivity index (χ1n) is 7.18. The molecule has 5 heteroatoms. The van der Waals surface area contributed by atoms with Gasteiger partial charge in [0.2, 0.25) is 0 Å². The monoisotopic (exact) mass is 339 g/mol. The minimum atomic E-state index is 0.138. The number of hydrogen-bond donors (Lipinski definition) is 2. The molecule has 1 unspecified atom stereocenters. The summed E-state index contributed by atoms with van der Waals surface area (Å²) in [5.41, 5.74) is 7.54. The number of hydrogen-bond acceptors (Lipinski definition) is 3. The van der Waals surface area contributed by atoms with Crippen LogP contribution in [0, 0.1) is 5.92 Å². The Morgan fingerprint density at radius 3 is 2.90 bits per heavy atom. The molecule has 1 fully saturated rings. The molecule has 20 heavy (non-hydrogen) atoms. The molecule has 1 aromatic carbocycles. The molecule has 1 aliphatic heterocycles. The Hall–Kier alpha value is -1.23. The van der Waals surface area contributed by atoms with Crippen molar-refractivity contribution in [1.29, 1.82) is 0 Å². The number of amidine groups is 1. The van der Waals surface area contributed by atoms with Crippen molar-refractivity contribution in [2.24, 2.45) is 16.8 Å². The Balaban J connectivity index is 2.16. The second-order valence-electron chi connectivity index (χ2n) is 5.34. The molecular formula is C15H22BrN3O. The van der Waals surface area contributed by atoms with Crippen LogP contribution in [0.1, 0.15) is 38.2 Å². The Labute approximate surface area is 128 Å². The molecule has 0 bridgehead atoms. The summed E-state index contributed by atoms with van der Waals surface area (Å²) in [4.78, 5) is 2.43. The van der Waals surface area contributed by atoms with E-state index in [1.54, 1.807) is 0 Å². The molecule has 2 rings (SSSR count). The molecule has 110 valence electrons. The topological polar surface area (TPSA) is 61.8 Å². The van der Waals surface area contributed by atoms with Gasteiger partial charge in [0.25, 0.3) is 0 Å². The Kier molecular flexibility index (Phi) is 5.29. The minimum Gasteiger partial charge on any atom is -0.409 e. The van der Waals surface area contributed by atoms with Gasteiger partial charge in [-0.2, -0.15) is 0 Å². The lowest BCUT2D eigenvalue weighted by atomic mass is 9.98. The molecule has 0 spiro atoms. The Morgan fingerprint density at radius 1 is 1.45 bits per heavy atom. The molecule has 1 atom stereocenters. The van der Waals surface area contributed by atoms with Crippen molar-refractivity contribution >= 4 is 27.5 Å². The van der Waals surface area contributed by atoms with Crippen LogP contribution in [0.15, 0.2) is 27.8 Å². The fraction of sp³-hybridized carbons (Fsp3) is 0.533. The van der Waals surface area contributed by atoms with Crippen molar-refractivity contribution in [2.75, 3.05) is 18.0 Å². The van der Waals surface area contributed by atoms with Gasteiger partial charge in [0.05, 0.1) is 5.69 Å². The highest BCUT2D eigenvalue weighted by Crippen LogP contribution is 2.30. The lowest BCUT2D eigenvalue weighted by Gasteiger charge is -2.24. The maximum absolute atomic E-state index is 8.73. The predicted octanol–water partition coefficient (Wildman–Crippen LogP) is 3.56. The van der Waals surface area contributed by atoms with E-state index in [9.17, 15) is 0 Å². The van der Waals surface area contributed by atoms with Crippen molar-refractivity contribution in [2.45, 2.75) is 32.6 Å². The fourth-order valence-electron chi connectivity index (χ4n) is 2.79. The maximum Gasteiger partial charge on any atom is 0.170 e. The first kappa shape index (κ1) is 15.2. The number of rotatable bonds is 3. The first-order chi connectivity index (χ1) is 9.65. The number of anilines is 1. The van der Waals surface area contributed by atoms with Gasteiger partial charge in [-0.1, -0.05) is 18.5 Å². The second-order valence-corrected chi connectivity index (χ2v) is 6.20. The van der Waals surface area contributed by atoms with Gasteiger partial charge in [-0.25, -0.2) is 0 Å². The van der Waals surface area contributed by atoms with Crippen LogP contribution in [-0.4, -0.2) is 24.1 Å². The largest absolute Gasteiger partial charge is 0.409 e. The zero-order valence-electron chi connectivity index (χ0n) is 11.8. The van der Waals surface area contributed by atoms with Crippen LogP contribution in [0.2, 0.25) is 0 Å². The van der Waals surface area contributed by atoms with Crippen LogP contribution in [0.4, 0.5) is 5.69 Å². The SMILES string of the molecule is CCC1CCCN(c2ccc(/C(N)=N/O)cc2Br)CC1. The van der Waals surface area contributed by atoms with Gasteiger partial charge in [-0.05, 0) is 59.3 Å². The molecular weight excluding hydrogens is 318 g/mol. The highest BCUT2D eigenvalue weighted by atomic mass is 79.9. The summed E-state index contributed by atoms with van der Waals surface area (Å²) >= 11 is 3.60. The van der Waals surface area contributed by atoms with Gasteiger partial charge in [0.1, 0.15) is 0 Å². The van der Waals surface area contributed by atoms with Crippen LogP contribution in [0.5, 0.6) is 0 Å². The molecule has 0 radical (unpaired) electrons. The number of nitrogens with zero attached hydrogens (tertiary/aromatic N) is 2. The van der Waals surface area contributed by atoms with Crippen molar-refractivity contribution < 1.29 is 5.21 Å². The molecule has 0 amide bonds. The van der Waals surface area contributed by atoms with E-state index in [0.717, 1.165) is 29.0 Å². The Bertz CT molecular complexity index is 490. The van der Waals surface area contributed by atoms with Crippen LogP contribution in [0.25, 0.3) is 0 Å². The van der Waals surface area contributed by atoms with Crippen LogP contribution >= 0.6 is 15.9 Å². The first-order valence-corrected chi connectivity index (χ1v) is 7.97. The fourth-order valence-corrected chi connectivity index (χ4v) is 3.42. The third-order valence-electron chi connectivity index (χ3n) is 4.12. The molecule has 1 aromatic rings. The van der Waals surface area contributed by atoms with Crippen molar-refractivity contribution in [1.82, 2.24) is 0 Å². The van der Waals surface area contributed by atoms with E-state index < -0.39 is 0 Å². The zero-order chi connectivity index (χ0) is 14.5. The number of nitrogens with two attached hydrogens (primary N) is 1. The summed E-state index contributed by atoms with van der Waals surface area (Å²) in [6.07, 6.45) is 5.10. The second kappa shape index (κ2) is 6.97. The van der Waals surface area contributed by atoms with E-state index in [1.165, 1.54) is 31.4 Å². The van der Waals surface area contributed by atoms with Gasteiger partial charge < -0.3 is 15.8 Å².